The van der Waals surface area contributed by atoms with Gasteiger partial charge >= 0.3 is 6.03 Å². The molecule has 0 spiro atoms. The molecule has 0 fully saturated rings. The second kappa shape index (κ2) is 5.85. The predicted molar refractivity (Wildman–Crippen MR) is 87.5 cm³/mol. The molecule has 0 aliphatic carbocycles. The third-order valence-electron chi connectivity index (χ3n) is 3.20. The Hall–Kier alpha value is -2.53. The smallest absolute Gasteiger partial charge is 0.321 e. The topological polar surface area (TPSA) is 37.3 Å². The molecule has 2 aromatic heterocycles. The summed E-state index contributed by atoms with van der Waals surface area (Å²) in [5.74, 6) is 0. The van der Waals surface area contributed by atoms with Crippen LogP contribution in [0.1, 0.15) is 0 Å². The van der Waals surface area contributed by atoms with Crippen molar-refractivity contribution in [2.75, 3.05) is 17.3 Å². The molecule has 1 aromatic carbocycles. The van der Waals surface area contributed by atoms with Crippen LogP contribution in [0.3, 0.4) is 0 Å². The summed E-state index contributed by atoms with van der Waals surface area (Å²) in [6.07, 6.45) is 3.91. The average molecular weight is 297 g/mol. The van der Waals surface area contributed by atoms with Gasteiger partial charge in [-0.25, -0.2) is 4.79 Å². The van der Waals surface area contributed by atoms with Crippen molar-refractivity contribution in [3.05, 3.63) is 66.3 Å². The lowest BCUT2D eigenvalue weighted by Gasteiger charge is -2.18. The molecule has 0 aliphatic heterocycles. The Kier molecular flexibility index (Phi) is 3.75. The fraction of sp³-hybridized carbons (Fsp3) is 0.0625. The maximum absolute atomic E-state index is 12.3. The first kappa shape index (κ1) is 13.5. The molecular formula is C16H15N3OS. The van der Waals surface area contributed by atoms with Crippen LogP contribution >= 0.6 is 11.3 Å². The molecule has 5 heteroatoms. The third-order valence-corrected chi connectivity index (χ3v) is 4.01. The van der Waals surface area contributed by atoms with E-state index in [4.69, 9.17) is 0 Å². The van der Waals surface area contributed by atoms with E-state index in [-0.39, 0.29) is 6.03 Å². The number of carbonyl (C=O) groups excluding carboxylic acids is 1. The van der Waals surface area contributed by atoms with Gasteiger partial charge in [0.25, 0.3) is 0 Å². The fourth-order valence-corrected chi connectivity index (χ4v) is 2.82. The van der Waals surface area contributed by atoms with Crippen LogP contribution in [0.15, 0.2) is 66.3 Å². The minimum atomic E-state index is -0.156. The Morgan fingerprint density at radius 2 is 1.81 bits per heavy atom. The first-order valence-electron chi connectivity index (χ1n) is 6.56. The summed E-state index contributed by atoms with van der Waals surface area (Å²) in [7, 11) is 1.76. The van der Waals surface area contributed by atoms with Crippen LogP contribution in [-0.2, 0) is 0 Å². The lowest BCUT2D eigenvalue weighted by Crippen LogP contribution is -2.31. The number of para-hydroxylation sites is 1. The number of rotatable bonds is 3. The minimum Gasteiger partial charge on any atom is -0.321 e. The van der Waals surface area contributed by atoms with Gasteiger partial charge in [-0.3, -0.25) is 10.2 Å². The Bertz CT molecular complexity index is 719. The molecule has 3 rings (SSSR count). The van der Waals surface area contributed by atoms with Crippen molar-refractivity contribution in [2.45, 2.75) is 0 Å². The third kappa shape index (κ3) is 2.83. The van der Waals surface area contributed by atoms with E-state index in [2.05, 4.69) is 5.32 Å². The Labute approximate surface area is 127 Å². The van der Waals surface area contributed by atoms with Crippen LogP contribution in [0, 0.1) is 0 Å². The summed E-state index contributed by atoms with van der Waals surface area (Å²) < 4.78 is 1.98. The van der Waals surface area contributed by atoms with Crippen LogP contribution in [-0.4, -0.2) is 17.6 Å². The second-order valence-electron chi connectivity index (χ2n) is 4.55. The summed E-state index contributed by atoms with van der Waals surface area (Å²) in [6.45, 7) is 0. The molecule has 0 radical (unpaired) electrons. The number of carbonyl (C=O) groups is 1. The minimum absolute atomic E-state index is 0.156. The van der Waals surface area contributed by atoms with Crippen LogP contribution in [0.25, 0.3) is 5.69 Å². The van der Waals surface area contributed by atoms with Gasteiger partial charge in [0.05, 0.1) is 5.69 Å². The van der Waals surface area contributed by atoms with Crippen LogP contribution < -0.4 is 10.2 Å². The van der Waals surface area contributed by atoms with Crippen molar-refractivity contribution < 1.29 is 4.79 Å². The first-order valence-corrected chi connectivity index (χ1v) is 7.44. The van der Waals surface area contributed by atoms with E-state index >= 15 is 0 Å². The van der Waals surface area contributed by atoms with Gasteiger partial charge in [-0.1, -0.05) is 18.2 Å². The van der Waals surface area contributed by atoms with Gasteiger partial charge in [0.15, 0.2) is 0 Å². The monoisotopic (exact) mass is 297 g/mol. The largest absolute Gasteiger partial charge is 0.326 e. The molecule has 0 aliphatic rings. The van der Waals surface area contributed by atoms with E-state index in [1.807, 2.05) is 70.9 Å². The maximum atomic E-state index is 12.3. The normalized spacial score (nSPS) is 10.3. The van der Waals surface area contributed by atoms with E-state index < -0.39 is 0 Å². The van der Waals surface area contributed by atoms with Crippen molar-refractivity contribution >= 4 is 28.1 Å². The fourth-order valence-electron chi connectivity index (χ4n) is 2.04. The van der Waals surface area contributed by atoms with Gasteiger partial charge in [0, 0.05) is 25.1 Å². The summed E-state index contributed by atoms with van der Waals surface area (Å²) in [4.78, 5) is 13.9. The van der Waals surface area contributed by atoms with Crippen molar-refractivity contribution in [1.82, 2.24) is 4.57 Å². The number of thiophene rings is 1. The SMILES string of the molecule is CN(C(=O)Nc1sccc1-n1cccc1)c1ccccc1. The van der Waals surface area contributed by atoms with Crippen molar-refractivity contribution in [1.29, 1.82) is 0 Å². The summed E-state index contributed by atoms with van der Waals surface area (Å²) in [5, 5.41) is 5.76. The Balaban J connectivity index is 1.78. The second-order valence-corrected chi connectivity index (χ2v) is 5.47. The highest BCUT2D eigenvalue weighted by Gasteiger charge is 2.14. The molecule has 21 heavy (non-hydrogen) atoms. The maximum Gasteiger partial charge on any atom is 0.326 e. The molecular weight excluding hydrogens is 282 g/mol. The van der Waals surface area contributed by atoms with E-state index in [1.54, 1.807) is 11.9 Å². The van der Waals surface area contributed by atoms with E-state index in [0.29, 0.717) is 0 Å². The zero-order valence-corrected chi connectivity index (χ0v) is 12.4. The number of amides is 2. The van der Waals surface area contributed by atoms with E-state index in [0.717, 1.165) is 16.4 Å². The number of nitrogens with zero attached hydrogens (tertiary/aromatic N) is 2. The van der Waals surface area contributed by atoms with Gasteiger partial charge in [-0.15, -0.1) is 11.3 Å². The van der Waals surface area contributed by atoms with Gasteiger partial charge in [0.1, 0.15) is 5.00 Å². The molecule has 3 aromatic rings. The quantitative estimate of drug-likeness (QED) is 0.772. The zero-order chi connectivity index (χ0) is 14.7. The molecule has 4 nitrogen and oxygen atoms in total. The Morgan fingerprint density at radius 1 is 1.10 bits per heavy atom. The number of aromatic nitrogens is 1. The first-order chi connectivity index (χ1) is 10.3. The summed E-state index contributed by atoms with van der Waals surface area (Å²) in [5.41, 5.74) is 1.83. The van der Waals surface area contributed by atoms with Crippen molar-refractivity contribution in [2.24, 2.45) is 0 Å². The summed E-state index contributed by atoms with van der Waals surface area (Å²) >= 11 is 1.51. The zero-order valence-electron chi connectivity index (χ0n) is 11.6. The molecule has 2 amide bonds. The molecule has 0 saturated heterocycles. The van der Waals surface area contributed by atoms with Gasteiger partial charge in [-0.05, 0) is 35.7 Å². The molecule has 0 atom stereocenters. The number of hydrogen-bond acceptors (Lipinski definition) is 2. The number of urea groups is 1. The van der Waals surface area contributed by atoms with Gasteiger partial charge < -0.3 is 4.57 Å². The highest BCUT2D eigenvalue weighted by atomic mass is 32.1. The number of nitrogens with one attached hydrogen (secondary N) is 1. The highest BCUT2D eigenvalue weighted by Crippen LogP contribution is 2.27. The molecule has 0 saturated carbocycles. The molecule has 106 valence electrons. The summed E-state index contributed by atoms with van der Waals surface area (Å²) in [6, 6.07) is 15.3. The van der Waals surface area contributed by atoms with Crippen molar-refractivity contribution in [3.63, 3.8) is 0 Å². The van der Waals surface area contributed by atoms with Crippen LogP contribution in [0.4, 0.5) is 15.5 Å². The Morgan fingerprint density at radius 3 is 2.52 bits per heavy atom. The molecule has 1 N–H and O–H groups in total. The van der Waals surface area contributed by atoms with Crippen molar-refractivity contribution in [3.8, 4) is 5.69 Å². The highest BCUT2D eigenvalue weighted by molar-refractivity contribution is 7.14. The number of anilines is 2. The molecule has 0 unspecified atom stereocenters. The van der Waals surface area contributed by atoms with E-state index in [1.165, 1.54) is 11.3 Å². The lowest BCUT2D eigenvalue weighted by molar-refractivity contribution is 0.258. The van der Waals surface area contributed by atoms with Gasteiger partial charge in [-0.2, -0.15) is 0 Å². The molecule has 2 heterocycles. The van der Waals surface area contributed by atoms with E-state index in [9.17, 15) is 4.79 Å². The molecule has 0 bridgehead atoms. The standard InChI is InChI=1S/C16H15N3OS/c1-18(13-7-3-2-4-8-13)16(20)17-15-14(9-12-21-15)19-10-5-6-11-19/h2-12H,1H3,(H,17,20). The predicted octanol–water partition coefficient (Wildman–Crippen LogP) is 4.21. The lowest BCUT2D eigenvalue weighted by atomic mass is 10.3. The number of benzene rings is 1. The average Bonchev–Trinajstić information content (AvgIpc) is 3.18. The van der Waals surface area contributed by atoms with Crippen LogP contribution in [0.5, 0.6) is 0 Å². The van der Waals surface area contributed by atoms with Gasteiger partial charge in [0.2, 0.25) is 0 Å². The van der Waals surface area contributed by atoms with Crippen LogP contribution in [0.2, 0.25) is 0 Å². The number of hydrogen-bond donors (Lipinski definition) is 1.